The quantitative estimate of drug-likeness (QED) is 0.460. The Morgan fingerprint density at radius 2 is 2.11 bits per heavy atom. The van der Waals surface area contributed by atoms with Gasteiger partial charge in [-0.1, -0.05) is 19.9 Å². The number of aliphatic carboxylic acids is 1. The lowest BCUT2D eigenvalue weighted by Gasteiger charge is -2.16. The molecule has 0 aromatic rings. The number of amides is 1. The van der Waals surface area contributed by atoms with Crippen LogP contribution < -0.4 is 5.32 Å². The van der Waals surface area contributed by atoms with E-state index < -0.39 is 12.0 Å². The third-order valence-corrected chi connectivity index (χ3v) is 2.27. The normalized spacial score (nSPS) is 12.2. The highest BCUT2D eigenvalue weighted by molar-refractivity contribution is 5.83. The molecule has 0 rings (SSSR count). The van der Waals surface area contributed by atoms with E-state index >= 15 is 0 Å². The molecule has 0 aliphatic rings. The average Bonchev–Trinajstić information content (AvgIpc) is 2.27. The van der Waals surface area contributed by atoms with Crippen molar-refractivity contribution in [2.24, 2.45) is 5.92 Å². The van der Waals surface area contributed by atoms with Crippen molar-refractivity contribution in [3.05, 3.63) is 12.7 Å². The second kappa shape index (κ2) is 9.65. The van der Waals surface area contributed by atoms with Crippen LogP contribution in [0.3, 0.4) is 0 Å². The number of ether oxygens (including phenoxy) is 1. The summed E-state index contributed by atoms with van der Waals surface area (Å²) in [7, 11) is 0. The predicted octanol–water partition coefficient (Wildman–Crippen LogP) is 1.58. The molecule has 0 saturated carbocycles. The molecule has 5 heteroatoms. The molecule has 0 aliphatic heterocycles. The summed E-state index contributed by atoms with van der Waals surface area (Å²) in [5, 5.41) is 11.5. The van der Waals surface area contributed by atoms with E-state index in [0.29, 0.717) is 26.1 Å². The largest absolute Gasteiger partial charge is 0.480 e. The molecule has 104 valence electrons. The molecule has 1 amide bonds. The van der Waals surface area contributed by atoms with Crippen LogP contribution in [0.2, 0.25) is 0 Å². The summed E-state index contributed by atoms with van der Waals surface area (Å²) in [6.45, 7) is 8.29. The minimum atomic E-state index is -0.986. The van der Waals surface area contributed by atoms with Gasteiger partial charge in [0.25, 0.3) is 0 Å². The van der Waals surface area contributed by atoms with Gasteiger partial charge in [0.15, 0.2) is 0 Å². The standard InChI is InChI=1S/C13H23NO4/c1-4-7-18-8-5-6-12(15)14-11(13(16)17)9-10(2)3/h4,10-11H,1,5-9H2,2-3H3,(H,14,15)(H,16,17). The van der Waals surface area contributed by atoms with Crippen LogP contribution >= 0.6 is 0 Å². The summed E-state index contributed by atoms with van der Waals surface area (Å²) >= 11 is 0. The van der Waals surface area contributed by atoms with Gasteiger partial charge in [-0.3, -0.25) is 4.79 Å². The molecule has 0 saturated heterocycles. The number of carbonyl (C=O) groups is 2. The summed E-state index contributed by atoms with van der Waals surface area (Å²) in [6, 6.07) is -0.799. The Morgan fingerprint density at radius 3 is 2.61 bits per heavy atom. The fraction of sp³-hybridized carbons (Fsp3) is 0.692. The summed E-state index contributed by atoms with van der Waals surface area (Å²) < 4.78 is 5.14. The molecule has 0 aromatic heterocycles. The van der Waals surface area contributed by atoms with Gasteiger partial charge >= 0.3 is 5.97 Å². The van der Waals surface area contributed by atoms with Crippen LogP contribution in [0.15, 0.2) is 12.7 Å². The topological polar surface area (TPSA) is 75.6 Å². The van der Waals surface area contributed by atoms with Crippen molar-refractivity contribution >= 4 is 11.9 Å². The Hall–Kier alpha value is -1.36. The van der Waals surface area contributed by atoms with Crippen LogP contribution in [0.5, 0.6) is 0 Å². The Balaban J connectivity index is 3.88. The lowest BCUT2D eigenvalue weighted by atomic mass is 10.0. The third-order valence-electron chi connectivity index (χ3n) is 2.27. The highest BCUT2D eigenvalue weighted by atomic mass is 16.5. The van der Waals surface area contributed by atoms with Gasteiger partial charge in [0, 0.05) is 13.0 Å². The van der Waals surface area contributed by atoms with E-state index in [1.165, 1.54) is 0 Å². The number of hydrogen-bond donors (Lipinski definition) is 2. The third kappa shape index (κ3) is 8.75. The van der Waals surface area contributed by atoms with Crippen LogP contribution in [0.1, 0.15) is 33.1 Å². The van der Waals surface area contributed by atoms with E-state index in [1.807, 2.05) is 13.8 Å². The van der Waals surface area contributed by atoms with E-state index in [4.69, 9.17) is 9.84 Å². The van der Waals surface area contributed by atoms with Crippen LogP contribution in [0, 0.1) is 5.92 Å². The Morgan fingerprint density at radius 1 is 1.44 bits per heavy atom. The minimum Gasteiger partial charge on any atom is -0.480 e. The zero-order chi connectivity index (χ0) is 14.0. The Kier molecular flexibility index (Phi) is 8.92. The van der Waals surface area contributed by atoms with Gasteiger partial charge in [-0.05, 0) is 18.8 Å². The molecule has 0 aromatic carbocycles. The molecule has 0 heterocycles. The van der Waals surface area contributed by atoms with E-state index in [-0.39, 0.29) is 18.2 Å². The van der Waals surface area contributed by atoms with Gasteiger partial charge < -0.3 is 15.2 Å². The average molecular weight is 257 g/mol. The smallest absolute Gasteiger partial charge is 0.326 e. The second-order valence-electron chi connectivity index (χ2n) is 4.56. The van der Waals surface area contributed by atoms with Crippen LogP contribution in [-0.2, 0) is 14.3 Å². The van der Waals surface area contributed by atoms with Gasteiger partial charge in [0.1, 0.15) is 6.04 Å². The molecule has 0 fully saturated rings. The lowest BCUT2D eigenvalue weighted by molar-refractivity contribution is -0.142. The first-order chi connectivity index (χ1) is 8.47. The molecule has 0 spiro atoms. The highest BCUT2D eigenvalue weighted by Crippen LogP contribution is 2.05. The fourth-order valence-electron chi connectivity index (χ4n) is 1.46. The van der Waals surface area contributed by atoms with E-state index in [0.717, 1.165) is 0 Å². The summed E-state index contributed by atoms with van der Waals surface area (Å²) in [6.07, 6.45) is 2.93. The molecule has 0 bridgehead atoms. The maximum atomic E-state index is 11.5. The number of nitrogens with one attached hydrogen (secondary N) is 1. The maximum Gasteiger partial charge on any atom is 0.326 e. The fourth-order valence-corrected chi connectivity index (χ4v) is 1.46. The Labute approximate surface area is 108 Å². The van der Waals surface area contributed by atoms with E-state index in [9.17, 15) is 9.59 Å². The van der Waals surface area contributed by atoms with E-state index in [1.54, 1.807) is 6.08 Å². The van der Waals surface area contributed by atoms with Crippen molar-refractivity contribution in [3.8, 4) is 0 Å². The number of rotatable bonds is 10. The van der Waals surface area contributed by atoms with Crippen molar-refractivity contribution in [1.82, 2.24) is 5.32 Å². The minimum absolute atomic E-state index is 0.224. The summed E-state index contributed by atoms with van der Waals surface area (Å²) in [5.74, 6) is -1.01. The molecule has 1 atom stereocenters. The van der Waals surface area contributed by atoms with Gasteiger partial charge in [-0.2, -0.15) is 0 Å². The molecule has 1 unspecified atom stereocenters. The van der Waals surface area contributed by atoms with Crippen molar-refractivity contribution in [2.45, 2.75) is 39.2 Å². The molecule has 0 aliphatic carbocycles. The van der Waals surface area contributed by atoms with Crippen LogP contribution in [0.4, 0.5) is 0 Å². The number of carboxylic acid groups (broad SMARTS) is 1. The van der Waals surface area contributed by atoms with Gasteiger partial charge in [-0.15, -0.1) is 6.58 Å². The summed E-state index contributed by atoms with van der Waals surface area (Å²) in [5.41, 5.74) is 0. The second-order valence-corrected chi connectivity index (χ2v) is 4.56. The van der Waals surface area contributed by atoms with Gasteiger partial charge in [-0.25, -0.2) is 4.79 Å². The molecular formula is C13H23NO4. The molecule has 5 nitrogen and oxygen atoms in total. The molecule has 0 radical (unpaired) electrons. The Bertz CT molecular complexity index is 276. The molecule has 18 heavy (non-hydrogen) atoms. The zero-order valence-corrected chi connectivity index (χ0v) is 11.1. The first-order valence-electron chi connectivity index (χ1n) is 6.18. The highest BCUT2D eigenvalue weighted by Gasteiger charge is 2.20. The van der Waals surface area contributed by atoms with Crippen molar-refractivity contribution < 1.29 is 19.4 Å². The van der Waals surface area contributed by atoms with Crippen molar-refractivity contribution in [1.29, 1.82) is 0 Å². The SMILES string of the molecule is C=CCOCCCC(=O)NC(CC(C)C)C(=O)O. The first-order valence-corrected chi connectivity index (χ1v) is 6.18. The number of carbonyl (C=O) groups excluding carboxylic acids is 1. The van der Waals surface area contributed by atoms with Crippen molar-refractivity contribution in [3.63, 3.8) is 0 Å². The molecule has 2 N–H and O–H groups in total. The summed E-state index contributed by atoms with van der Waals surface area (Å²) in [4.78, 5) is 22.5. The predicted molar refractivity (Wildman–Crippen MR) is 69.3 cm³/mol. The lowest BCUT2D eigenvalue weighted by Crippen LogP contribution is -2.41. The zero-order valence-electron chi connectivity index (χ0n) is 11.1. The van der Waals surface area contributed by atoms with Gasteiger partial charge in [0.2, 0.25) is 5.91 Å². The van der Waals surface area contributed by atoms with Crippen LogP contribution in [-0.4, -0.2) is 36.2 Å². The maximum absolute atomic E-state index is 11.5. The van der Waals surface area contributed by atoms with Gasteiger partial charge in [0.05, 0.1) is 6.61 Å². The molecular weight excluding hydrogens is 234 g/mol. The first kappa shape index (κ1) is 16.6. The number of carboxylic acids is 1. The van der Waals surface area contributed by atoms with E-state index in [2.05, 4.69) is 11.9 Å². The van der Waals surface area contributed by atoms with Crippen LogP contribution in [0.25, 0.3) is 0 Å². The number of hydrogen-bond acceptors (Lipinski definition) is 3. The van der Waals surface area contributed by atoms with Crippen molar-refractivity contribution in [2.75, 3.05) is 13.2 Å². The monoisotopic (exact) mass is 257 g/mol.